The molecule has 0 heterocycles. The fourth-order valence-corrected chi connectivity index (χ4v) is 0. The van der Waals surface area contributed by atoms with Crippen LogP contribution in [0.5, 0.6) is 0 Å². The van der Waals surface area contributed by atoms with Gasteiger partial charge in [0.15, 0.2) is 0 Å². The summed E-state index contributed by atoms with van der Waals surface area (Å²) in [4.78, 5) is 57.7. The summed E-state index contributed by atoms with van der Waals surface area (Å²) in [6, 6.07) is 0. The van der Waals surface area contributed by atoms with E-state index in [-0.39, 0.29) is 20.4 Å². The Labute approximate surface area is 135 Å². The first kappa shape index (κ1) is 50.9. The average molecular weight is 501 g/mol. The van der Waals surface area contributed by atoms with Gasteiger partial charge in [-0.2, -0.15) is 0 Å². The van der Waals surface area contributed by atoms with Gasteiger partial charge in [-0.3, -0.25) is 0 Å². The Balaban J connectivity index is -0.0000000172. The summed E-state index contributed by atoms with van der Waals surface area (Å²) in [5.74, 6) is 0. The maximum Gasteiger partial charge on any atom is 0 e. The minimum Gasteiger partial charge on any atom is -0.665 e. The normalized spacial score (nSPS) is 3.82. The molecule has 0 aromatic rings. The molecule has 0 unspecified atom stereocenters. The fraction of sp³-hybridized carbons (Fsp3) is 0. The van der Waals surface area contributed by atoms with Gasteiger partial charge in [0.2, 0.25) is 0 Å². The van der Waals surface area contributed by atoms with Crippen molar-refractivity contribution in [1.29, 1.82) is 0 Å². The van der Waals surface area contributed by atoms with Gasteiger partial charge >= 0.3 is 0 Å². The van der Waals surface area contributed by atoms with Gasteiger partial charge in [0.25, 0.3) is 0 Å². The molecule has 14 nitrogen and oxygen atoms in total. The van der Waals surface area contributed by atoms with E-state index < -0.39 is 0 Å². The molecule has 0 saturated carbocycles. The Bertz CT molecular complexity index is 137. The summed E-state index contributed by atoms with van der Waals surface area (Å²) in [6.07, 6.45) is 0. The largest absolute Gasteiger partial charge is 0.665 e. The van der Waals surface area contributed by atoms with Gasteiger partial charge in [0.1, 0.15) is 0 Å². The minimum absolute atomic E-state index is 0. The molecule has 0 rings (SSSR count). The van der Waals surface area contributed by atoms with Crippen LogP contribution in [0.25, 0.3) is 0 Å². The number of hydrogen-bond donors (Lipinski definition) is 7. The minimum atomic E-state index is 0. The summed E-state index contributed by atoms with van der Waals surface area (Å²) in [5, 5.41) is 47.3. The van der Waals surface area contributed by atoms with E-state index in [0.717, 1.165) is 0 Å². The van der Waals surface area contributed by atoms with E-state index in [0.29, 0.717) is 45.3 Å². The quantitative estimate of drug-likeness (QED) is 0.166. The number of rotatable bonds is 0. The smallest absolute Gasteiger partial charge is 0 e. The molecule has 0 aliphatic heterocycles. The Morgan fingerprint density at radius 3 is 0.318 bits per heavy atom. The van der Waals surface area contributed by atoms with Crippen LogP contribution in [0.1, 0.15) is 0 Å². The molecule has 0 fully saturated rings. The second-order valence-corrected chi connectivity index (χ2v) is 0.639. The first-order valence-electron chi connectivity index (χ1n) is 2.99. The number of hydrogen-bond acceptors (Lipinski definition) is 7. The van der Waals surface area contributed by atoms with Crippen molar-refractivity contribution in [2.75, 3.05) is 0 Å². The predicted molar refractivity (Wildman–Crippen MR) is 58.3 cm³/mol. The van der Waals surface area contributed by atoms with Crippen LogP contribution in [0.2, 0.25) is 0 Å². The van der Waals surface area contributed by atoms with Crippen molar-refractivity contribution in [2.45, 2.75) is 0 Å². The summed E-state index contributed by atoms with van der Waals surface area (Å²) in [7, 11) is 0. The van der Waals surface area contributed by atoms with Gasteiger partial charge in [-0.05, 0) is 0 Å². The van der Waals surface area contributed by atoms with Crippen LogP contribution >= 0.6 is 0 Å². The van der Waals surface area contributed by atoms with Crippen LogP contribution in [0, 0.1) is 0 Å². The molecule has 0 aliphatic carbocycles. The van der Waals surface area contributed by atoms with Crippen LogP contribution in [0.15, 0.2) is 0 Å². The van der Waals surface area contributed by atoms with Gasteiger partial charge in [-0.15, -0.1) is 0 Å². The summed E-state index contributed by atoms with van der Waals surface area (Å²) < 4.78 is 0. The Kier molecular flexibility index (Phi) is 764. The van der Waals surface area contributed by atoms with Crippen LogP contribution < -0.4 is 0 Å². The van der Waals surface area contributed by atoms with Crippen molar-refractivity contribution in [3.63, 3.8) is 0 Å². The van der Waals surface area contributed by atoms with Crippen molar-refractivity contribution in [3.8, 4) is 0 Å². The number of aliphatic hydroxyl groups excluding tert-OH is 7. The van der Waals surface area contributed by atoms with E-state index in [4.69, 9.17) is 69.3 Å². The average Bonchev–Trinajstić information content (AvgIpc) is 2.35. The maximum absolute atomic E-state index is 8.24. The molecule has 7 N–H and O–H groups in total. The molecule has 0 atom stereocenters. The molecular formula is C7H7O14Re-7. The van der Waals surface area contributed by atoms with E-state index in [1.165, 1.54) is 0 Å². The van der Waals surface area contributed by atoms with Crippen molar-refractivity contribution in [1.82, 2.24) is 0 Å². The molecule has 0 aromatic heterocycles. The van der Waals surface area contributed by atoms with E-state index in [2.05, 4.69) is 0 Å². The molecule has 133 valence electrons. The van der Waals surface area contributed by atoms with Crippen molar-refractivity contribution in [3.05, 3.63) is 0 Å². The molecule has 0 aliphatic rings. The molecule has 0 amide bonds. The Morgan fingerprint density at radius 2 is 0.318 bits per heavy atom. The van der Waals surface area contributed by atoms with E-state index >= 15 is 0 Å². The van der Waals surface area contributed by atoms with Crippen LogP contribution in [-0.4, -0.2) is 81.1 Å². The predicted octanol–water partition coefficient (Wildman–Crippen LogP) is -2.72. The monoisotopic (exact) mass is 502 g/mol. The van der Waals surface area contributed by atoms with E-state index in [1.54, 1.807) is 0 Å². The van der Waals surface area contributed by atoms with Crippen LogP contribution in [-0.2, 0) is 54.0 Å². The third-order valence-electron chi connectivity index (χ3n) is 0. The molecule has 0 saturated heterocycles. The van der Waals surface area contributed by atoms with E-state index in [1.807, 2.05) is 0 Å². The van der Waals surface area contributed by atoms with Crippen LogP contribution in [0.4, 0.5) is 0 Å². The SMILES string of the molecule is O=[C-]O.O=[C-]O.O=[C-]O.O=[C-]O.O=[C-]O.O=[C-]O.O=[C-]O.[Re]. The van der Waals surface area contributed by atoms with Gasteiger partial charge in [-0.1, -0.05) is 45.3 Å². The van der Waals surface area contributed by atoms with E-state index in [9.17, 15) is 0 Å². The summed E-state index contributed by atoms with van der Waals surface area (Å²) >= 11 is 0. The zero-order valence-corrected chi connectivity index (χ0v) is 12.6. The third-order valence-corrected chi connectivity index (χ3v) is 0. The molecule has 0 spiro atoms. The van der Waals surface area contributed by atoms with Crippen molar-refractivity contribution < 1.29 is 89.7 Å². The first-order valence-corrected chi connectivity index (χ1v) is 2.99. The van der Waals surface area contributed by atoms with Crippen molar-refractivity contribution >= 4 is 45.3 Å². The molecule has 0 aromatic carbocycles. The molecule has 1 radical (unpaired) electrons. The molecular weight excluding hydrogens is 494 g/mol. The van der Waals surface area contributed by atoms with Gasteiger partial charge in [0.05, 0.1) is 0 Å². The fourth-order valence-electron chi connectivity index (χ4n) is 0. The zero-order chi connectivity index (χ0) is 18.9. The van der Waals surface area contributed by atoms with Gasteiger partial charge < -0.3 is 69.3 Å². The summed E-state index contributed by atoms with van der Waals surface area (Å²) in [6.45, 7) is 3.50. The van der Waals surface area contributed by atoms with Gasteiger partial charge in [0, 0.05) is 20.4 Å². The molecule has 22 heavy (non-hydrogen) atoms. The molecule has 0 bridgehead atoms. The van der Waals surface area contributed by atoms with Crippen molar-refractivity contribution in [2.24, 2.45) is 0 Å². The maximum atomic E-state index is 8.24. The Hall–Kier alpha value is -3.05. The second kappa shape index (κ2) is 330. The van der Waals surface area contributed by atoms with Crippen LogP contribution in [0.3, 0.4) is 0 Å². The molecule has 15 heteroatoms. The second-order valence-electron chi connectivity index (χ2n) is 0.639. The van der Waals surface area contributed by atoms with Gasteiger partial charge in [-0.25, -0.2) is 0 Å². The first-order chi connectivity index (χ1) is 9.90. The summed E-state index contributed by atoms with van der Waals surface area (Å²) in [5.41, 5.74) is 0. The third kappa shape index (κ3) is 464. The standard InChI is InChI=1S/7CHO2.Re/c7*2-1-3;/h7*(H,2,3);/q7*-1;. The zero-order valence-electron chi connectivity index (χ0n) is 9.87. The Morgan fingerprint density at radius 1 is 0.318 bits per heavy atom. The topological polar surface area (TPSA) is 261 Å².